The Balaban J connectivity index is 1.24. The van der Waals surface area contributed by atoms with Crippen LogP contribution in [0.3, 0.4) is 0 Å². The van der Waals surface area contributed by atoms with E-state index in [9.17, 15) is 15.3 Å². The second-order valence-corrected chi connectivity index (χ2v) is 9.02. The Hall–Kier alpha value is -2.16. The number of anilines is 1. The molecular weight excluding hydrogens is 452 g/mol. The van der Waals surface area contributed by atoms with E-state index in [0.717, 1.165) is 25.7 Å². The maximum atomic E-state index is 10.7. The van der Waals surface area contributed by atoms with Crippen LogP contribution in [0.25, 0.3) is 11.2 Å². The molecule has 13 heteroatoms. The van der Waals surface area contributed by atoms with Gasteiger partial charge in [-0.3, -0.25) is 4.57 Å². The second-order valence-electron chi connectivity index (χ2n) is 8.65. The first kappa shape index (κ1) is 22.6. The number of aromatic nitrogens is 4. The van der Waals surface area contributed by atoms with Crippen molar-refractivity contribution in [2.45, 2.75) is 68.4 Å². The highest BCUT2D eigenvalue weighted by molar-refractivity contribution is 7.80. The van der Waals surface area contributed by atoms with Crippen LogP contribution in [-0.2, 0) is 14.2 Å². The number of nitrogens with zero attached hydrogens (tertiary/aromatic N) is 4. The van der Waals surface area contributed by atoms with Crippen LogP contribution in [0, 0.1) is 0 Å². The number of aliphatic hydroxyl groups excluding tert-OH is 3. The zero-order chi connectivity index (χ0) is 22.9. The van der Waals surface area contributed by atoms with E-state index in [1.54, 1.807) is 4.57 Å². The van der Waals surface area contributed by atoms with Gasteiger partial charge >= 0.3 is 0 Å². The average molecular weight is 481 g/mol. The molecule has 3 fully saturated rings. The third kappa shape index (κ3) is 4.61. The van der Waals surface area contributed by atoms with Crippen molar-refractivity contribution >= 4 is 34.4 Å². The first-order valence-electron chi connectivity index (χ1n) is 11.2. The molecule has 4 heterocycles. The molecule has 5 rings (SSSR count). The molecule has 33 heavy (non-hydrogen) atoms. The molecule has 2 aliphatic heterocycles. The highest BCUT2D eigenvalue weighted by Gasteiger charge is 2.45. The summed E-state index contributed by atoms with van der Waals surface area (Å²) >= 11 is 5.20. The summed E-state index contributed by atoms with van der Waals surface area (Å²) in [7, 11) is 0. The van der Waals surface area contributed by atoms with Crippen LogP contribution in [0.4, 0.5) is 5.82 Å². The van der Waals surface area contributed by atoms with Crippen molar-refractivity contribution < 1.29 is 29.5 Å². The zero-order valence-corrected chi connectivity index (χ0v) is 18.7. The van der Waals surface area contributed by atoms with Gasteiger partial charge in [-0.15, -0.1) is 0 Å². The minimum atomic E-state index is -1.22. The summed E-state index contributed by atoms with van der Waals surface area (Å²) in [5.41, 5.74) is 1.01. The maximum absolute atomic E-state index is 10.7. The molecule has 2 saturated heterocycles. The highest BCUT2D eigenvalue weighted by Crippen LogP contribution is 2.32. The SMILES string of the molecule is O[C@@H]1[C@H](O)[C@@H](COC(=S)N[C@H]2CCC[C@@H]2O)O[C@H]1n1cnc2c(N[C@@H]3CCOC3)ncnc21. The smallest absolute Gasteiger partial charge is 0.257 e. The molecule has 3 aliphatic rings. The standard InChI is InChI=1S/C20H28N6O6S/c27-12-3-1-2-11(12)25-20(33)31-7-13-15(28)16(29)19(32-13)26-9-23-14-17(21-8-22-18(14)26)24-10-4-5-30-6-10/h8-13,15-16,19,27-29H,1-7H2,(H,25,33)(H,21,22,24)/t10-,11+,12+,13-,15-,16-,19-/m1/s1. The average Bonchev–Trinajstić information content (AvgIpc) is 3.59. The van der Waals surface area contributed by atoms with Crippen molar-refractivity contribution in [2.75, 3.05) is 25.1 Å². The number of hydrogen-bond donors (Lipinski definition) is 5. The Morgan fingerprint density at radius 2 is 2.06 bits per heavy atom. The molecule has 2 aromatic rings. The van der Waals surface area contributed by atoms with Crippen molar-refractivity contribution in [3.8, 4) is 0 Å². The van der Waals surface area contributed by atoms with Crippen molar-refractivity contribution in [3.63, 3.8) is 0 Å². The molecule has 180 valence electrons. The lowest BCUT2D eigenvalue weighted by Gasteiger charge is -2.20. The molecule has 2 aromatic heterocycles. The predicted molar refractivity (Wildman–Crippen MR) is 119 cm³/mol. The fourth-order valence-corrected chi connectivity index (χ4v) is 4.76. The number of imidazole rings is 1. The van der Waals surface area contributed by atoms with Gasteiger partial charge in [-0.2, -0.15) is 0 Å². The monoisotopic (exact) mass is 480 g/mol. The number of nitrogens with one attached hydrogen (secondary N) is 2. The Kier molecular flexibility index (Phi) is 6.58. The molecule has 1 aliphatic carbocycles. The second kappa shape index (κ2) is 9.60. The van der Waals surface area contributed by atoms with E-state index in [1.165, 1.54) is 12.7 Å². The van der Waals surface area contributed by atoms with Gasteiger partial charge in [0.15, 0.2) is 23.2 Å². The van der Waals surface area contributed by atoms with E-state index >= 15 is 0 Å². The molecule has 0 spiro atoms. The van der Waals surface area contributed by atoms with E-state index in [2.05, 4.69) is 25.6 Å². The number of aliphatic hydroxyl groups is 3. The molecule has 1 saturated carbocycles. The van der Waals surface area contributed by atoms with E-state index < -0.39 is 30.6 Å². The fraction of sp³-hybridized carbons (Fsp3) is 0.700. The van der Waals surface area contributed by atoms with Crippen LogP contribution in [0.5, 0.6) is 0 Å². The minimum absolute atomic E-state index is 0.0561. The van der Waals surface area contributed by atoms with Crippen LogP contribution >= 0.6 is 12.2 Å². The summed E-state index contributed by atoms with van der Waals surface area (Å²) in [4.78, 5) is 13.0. The lowest BCUT2D eigenvalue weighted by atomic mass is 10.1. The normalized spacial score (nSPS) is 34.1. The van der Waals surface area contributed by atoms with Gasteiger partial charge in [0.1, 0.15) is 31.2 Å². The number of rotatable bonds is 6. The minimum Gasteiger partial charge on any atom is -0.468 e. The lowest BCUT2D eigenvalue weighted by molar-refractivity contribution is -0.0493. The van der Waals surface area contributed by atoms with E-state index in [0.29, 0.717) is 30.2 Å². The van der Waals surface area contributed by atoms with Crippen LogP contribution in [0.2, 0.25) is 0 Å². The Labute approximate surface area is 195 Å². The molecule has 7 atom stereocenters. The summed E-state index contributed by atoms with van der Waals surface area (Å²) in [6.45, 7) is 1.24. The molecule has 12 nitrogen and oxygen atoms in total. The molecular formula is C20H28N6O6S. The van der Waals surface area contributed by atoms with Gasteiger partial charge in [-0.25, -0.2) is 15.0 Å². The Bertz CT molecular complexity index is 987. The lowest BCUT2D eigenvalue weighted by Crippen LogP contribution is -2.42. The molecule has 5 N–H and O–H groups in total. The van der Waals surface area contributed by atoms with Crippen LogP contribution in [0.1, 0.15) is 31.9 Å². The maximum Gasteiger partial charge on any atom is 0.257 e. The van der Waals surface area contributed by atoms with E-state index in [-0.39, 0.29) is 23.9 Å². The molecule has 0 aromatic carbocycles. The quantitative estimate of drug-likeness (QED) is 0.337. The Morgan fingerprint density at radius 1 is 1.18 bits per heavy atom. The van der Waals surface area contributed by atoms with E-state index in [4.69, 9.17) is 26.4 Å². The van der Waals surface area contributed by atoms with E-state index in [1.807, 2.05) is 0 Å². The number of thiocarbonyl (C=S) groups is 1. The highest BCUT2D eigenvalue weighted by atomic mass is 32.1. The van der Waals surface area contributed by atoms with Gasteiger partial charge in [0, 0.05) is 6.61 Å². The molecule has 0 amide bonds. The zero-order valence-electron chi connectivity index (χ0n) is 17.9. The first-order valence-corrected chi connectivity index (χ1v) is 11.6. The molecule has 0 radical (unpaired) electrons. The number of ether oxygens (including phenoxy) is 3. The van der Waals surface area contributed by atoms with Crippen LogP contribution in [-0.4, -0.2) is 96.3 Å². The van der Waals surface area contributed by atoms with Gasteiger partial charge in [0.25, 0.3) is 5.17 Å². The third-order valence-electron chi connectivity index (χ3n) is 6.40. The van der Waals surface area contributed by atoms with Gasteiger partial charge in [-0.1, -0.05) is 0 Å². The number of hydrogen-bond acceptors (Lipinski definition) is 11. The van der Waals surface area contributed by atoms with Gasteiger partial charge < -0.3 is 40.2 Å². The fourth-order valence-electron chi connectivity index (χ4n) is 4.54. The van der Waals surface area contributed by atoms with Gasteiger partial charge in [0.05, 0.1) is 31.1 Å². The summed E-state index contributed by atoms with van der Waals surface area (Å²) in [5, 5.41) is 37.5. The van der Waals surface area contributed by atoms with Crippen LogP contribution in [0.15, 0.2) is 12.7 Å². The molecule has 0 unspecified atom stereocenters. The Morgan fingerprint density at radius 3 is 2.82 bits per heavy atom. The predicted octanol–water partition coefficient (Wildman–Crippen LogP) is -0.549. The van der Waals surface area contributed by atoms with Crippen molar-refractivity contribution in [2.24, 2.45) is 0 Å². The van der Waals surface area contributed by atoms with Gasteiger partial charge in [0.2, 0.25) is 0 Å². The van der Waals surface area contributed by atoms with Crippen molar-refractivity contribution in [1.29, 1.82) is 0 Å². The summed E-state index contributed by atoms with van der Waals surface area (Å²) in [6.07, 6.45) is 1.68. The summed E-state index contributed by atoms with van der Waals surface area (Å²) in [6, 6.07) is 0.00794. The topological polar surface area (TPSA) is 156 Å². The number of fused-ring (bicyclic) bond motifs is 1. The van der Waals surface area contributed by atoms with Crippen molar-refractivity contribution in [1.82, 2.24) is 24.8 Å². The largest absolute Gasteiger partial charge is 0.468 e. The first-order chi connectivity index (χ1) is 16.0. The van der Waals surface area contributed by atoms with Crippen molar-refractivity contribution in [3.05, 3.63) is 12.7 Å². The summed E-state index contributed by atoms with van der Waals surface area (Å²) < 4.78 is 18.4. The van der Waals surface area contributed by atoms with Gasteiger partial charge in [-0.05, 0) is 37.9 Å². The van der Waals surface area contributed by atoms with Crippen LogP contribution < -0.4 is 10.6 Å². The summed E-state index contributed by atoms with van der Waals surface area (Å²) in [5.74, 6) is 0.577. The molecule has 0 bridgehead atoms. The third-order valence-corrected chi connectivity index (χ3v) is 6.64.